The Balaban J connectivity index is 1.92. The summed E-state index contributed by atoms with van der Waals surface area (Å²) in [5.74, 6) is 0.567. The highest BCUT2D eigenvalue weighted by molar-refractivity contribution is 5.81. The third kappa shape index (κ3) is 1.96. The molecule has 1 atom stereocenters. The molecule has 3 nitrogen and oxygen atoms in total. The van der Waals surface area contributed by atoms with Crippen molar-refractivity contribution >= 4 is 11.0 Å². The molecule has 3 N–H and O–H groups in total. The molecular weight excluding hydrogens is 212 g/mol. The third-order valence-corrected chi connectivity index (χ3v) is 3.76. The third-order valence-electron chi connectivity index (χ3n) is 3.76. The maximum Gasteiger partial charge on any atom is 0.134 e. The molecule has 1 aromatic carbocycles. The predicted octanol–water partition coefficient (Wildman–Crippen LogP) is 2.43. The number of furan rings is 1. The monoisotopic (exact) mass is 230 g/mol. The van der Waals surface area contributed by atoms with Gasteiger partial charge in [-0.1, -0.05) is 18.2 Å². The Morgan fingerprint density at radius 1 is 1.24 bits per heavy atom. The Hall–Kier alpha value is -1.32. The van der Waals surface area contributed by atoms with Crippen molar-refractivity contribution in [2.45, 2.75) is 18.9 Å². The topological polar surface area (TPSA) is 51.2 Å². The van der Waals surface area contributed by atoms with Crippen LogP contribution >= 0.6 is 0 Å². The fourth-order valence-corrected chi connectivity index (χ4v) is 2.71. The molecule has 1 aliphatic rings. The second kappa shape index (κ2) is 4.51. The first-order valence-electron chi connectivity index (χ1n) is 6.28. The van der Waals surface area contributed by atoms with Crippen LogP contribution in [-0.4, -0.2) is 13.1 Å². The van der Waals surface area contributed by atoms with E-state index in [0.29, 0.717) is 5.92 Å². The van der Waals surface area contributed by atoms with Crippen molar-refractivity contribution in [1.29, 1.82) is 0 Å². The van der Waals surface area contributed by atoms with Gasteiger partial charge in [0.25, 0.3) is 0 Å². The summed E-state index contributed by atoms with van der Waals surface area (Å²) < 4.78 is 5.57. The Kier molecular flexibility index (Phi) is 2.87. The lowest BCUT2D eigenvalue weighted by atomic mass is 9.86. The molecular formula is C14H18N2O. The van der Waals surface area contributed by atoms with Gasteiger partial charge in [-0.2, -0.15) is 0 Å². The van der Waals surface area contributed by atoms with Crippen LogP contribution in [0.4, 0.5) is 0 Å². The lowest BCUT2D eigenvalue weighted by Crippen LogP contribution is -2.33. The first-order chi connectivity index (χ1) is 8.36. The second-order valence-electron chi connectivity index (χ2n) is 4.80. The summed E-state index contributed by atoms with van der Waals surface area (Å²) in [6, 6.07) is 8.21. The molecule has 3 rings (SSSR count). The van der Waals surface area contributed by atoms with Crippen LogP contribution in [0.3, 0.4) is 0 Å². The average Bonchev–Trinajstić information content (AvgIpc) is 2.83. The quantitative estimate of drug-likeness (QED) is 0.833. The standard InChI is InChI=1S/C14H18N2O/c15-14(10-5-7-16-8-6-10)12-9-17-13-4-2-1-3-11(12)13/h1-4,9-10,14,16H,5-8,15H2. The predicted molar refractivity (Wildman–Crippen MR) is 68.7 cm³/mol. The first kappa shape index (κ1) is 10.8. The smallest absolute Gasteiger partial charge is 0.134 e. The van der Waals surface area contributed by atoms with Crippen LogP contribution in [0.5, 0.6) is 0 Å². The van der Waals surface area contributed by atoms with E-state index in [-0.39, 0.29) is 6.04 Å². The van der Waals surface area contributed by atoms with Gasteiger partial charge in [0.2, 0.25) is 0 Å². The van der Waals surface area contributed by atoms with Crippen LogP contribution in [-0.2, 0) is 0 Å². The molecule has 0 radical (unpaired) electrons. The van der Waals surface area contributed by atoms with E-state index >= 15 is 0 Å². The highest BCUT2D eigenvalue weighted by Crippen LogP contribution is 2.32. The lowest BCUT2D eigenvalue weighted by molar-refractivity contribution is 0.322. The van der Waals surface area contributed by atoms with Crippen molar-refractivity contribution in [3.8, 4) is 0 Å². The number of para-hydroxylation sites is 1. The van der Waals surface area contributed by atoms with Gasteiger partial charge in [0.05, 0.1) is 6.26 Å². The molecule has 2 heterocycles. The van der Waals surface area contributed by atoms with Gasteiger partial charge in [0.15, 0.2) is 0 Å². The molecule has 3 heteroatoms. The molecule has 0 amide bonds. The van der Waals surface area contributed by atoms with Crippen LogP contribution in [0, 0.1) is 5.92 Å². The van der Waals surface area contributed by atoms with Gasteiger partial charge in [-0.25, -0.2) is 0 Å². The van der Waals surface area contributed by atoms with Crippen LogP contribution in [0.15, 0.2) is 34.9 Å². The van der Waals surface area contributed by atoms with Crippen molar-refractivity contribution in [2.75, 3.05) is 13.1 Å². The maximum atomic E-state index is 6.39. The molecule has 1 saturated heterocycles. The van der Waals surface area contributed by atoms with E-state index in [0.717, 1.165) is 37.1 Å². The summed E-state index contributed by atoms with van der Waals surface area (Å²) in [4.78, 5) is 0. The molecule has 17 heavy (non-hydrogen) atoms. The van der Waals surface area contributed by atoms with Gasteiger partial charge in [0.1, 0.15) is 5.58 Å². The van der Waals surface area contributed by atoms with E-state index in [1.807, 2.05) is 24.5 Å². The van der Waals surface area contributed by atoms with E-state index in [1.165, 1.54) is 5.39 Å². The van der Waals surface area contributed by atoms with Gasteiger partial charge in [-0.15, -0.1) is 0 Å². The Labute approximate surface area is 101 Å². The number of benzene rings is 1. The number of fused-ring (bicyclic) bond motifs is 1. The molecule has 1 aromatic heterocycles. The fourth-order valence-electron chi connectivity index (χ4n) is 2.71. The number of hydrogen-bond donors (Lipinski definition) is 2. The van der Waals surface area contributed by atoms with E-state index < -0.39 is 0 Å². The maximum absolute atomic E-state index is 6.39. The Morgan fingerprint density at radius 3 is 2.82 bits per heavy atom. The molecule has 90 valence electrons. The van der Waals surface area contributed by atoms with Crippen molar-refractivity contribution in [3.05, 3.63) is 36.1 Å². The molecule has 0 saturated carbocycles. The average molecular weight is 230 g/mol. The first-order valence-corrected chi connectivity index (χ1v) is 6.28. The van der Waals surface area contributed by atoms with Crippen LogP contribution in [0.1, 0.15) is 24.4 Å². The summed E-state index contributed by atoms with van der Waals surface area (Å²) in [5.41, 5.74) is 8.49. The van der Waals surface area contributed by atoms with Crippen LogP contribution in [0.25, 0.3) is 11.0 Å². The number of hydrogen-bond acceptors (Lipinski definition) is 3. The number of nitrogens with two attached hydrogens (primary N) is 1. The SMILES string of the molecule is NC(c1coc2ccccc12)C1CCNCC1. The normalized spacial score (nSPS) is 19.6. The van der Waals surface area contributed by atoms with Gasteiger partial charge < -0.3 is 15.5 Å². The Bertz CT molecular complexity index is 500. The second-order valence-corrected chi connectivity index (χ2v) is 4.80. The fraction of sp³-hybridized carbons (Fsp3) is 0.429. The van der Waals surface area contributed by atoms with E-state index in [4.69, 9.17) is 10.2 Å². The molecule has 0 spiro atoms. The van der Waals surface area contributed by atoms with Gasteiger partial charge in [-0.05, 0) is 37.9 Å². The number of piperidine rings is 1. The minimum atomic E-state index is 0.0979. The van der Waals surface area contributed by atoms with E-state index in [1.54, 1.807) is 0 Å². The van der Waals surface area contributed by atoms with E-state index in [9.17, 15) is 0 Å². The molecule has 1 aliphatic heterocycles. The zero-order chi connectivity index (χ0) is 11.7. The summed E-state index contributed by atoms with van der Waals surface area (Å²) in [7, 11) is 0. The van der Waals surface area contributed by atoms with Crippen molar-refractivity contribution in [2.24, 2.45) is 11.7 Å². The van der Waals surface area contributed by atoms with E-state index in [2.05, 4.69) is 11.4 Å². The molecule has 1 unspecified atom stereocenters. The highest BCUT2D eigenvalue weighted by atomic mass is 16.3. The lowest BCUT2D eigenvalue weighted by Gasteiger charge is -2.27. The molecule has 0 aliphatic carbocycles. The molecule has 0 bridgehead atoms. The summed E-state index contributed by atoms with van der Waals surface area (Å²) in [6.07, 6.45) is 4.14. The highest BCUT2D eigenvalue weighted by Gasteiger charge is 2.24. The molecule has 2 aromatic rings. The minimum Gasteiger partial charge on any atom is -0.464 e. The zero-order valence-electron chi connectivity index (χ0n) is 9.86. The Morgan fingerprint density at radius 2 is 2.00 bits per heavy atom. The van der Waals surface area contributed by atoms with Gasteiger partial charge >= 0.3 is 0 Å². The number of nitrogens with one attached hydrogen (secondary N) is 1. The van der Waals surface area contributed by atoms with Crippen LogP contribution in [0.2, 0.25) is 0 Å². The minimum absolute atomic E-state index is 0.0979. The number of rotatable bonds is 2. The van der Waals surface area contributed by atoms with Gasteiger partial charge in [-0.3, -0.25) is 0 Å². The van der Waals surface area contributed by atoms with Crippen molar-refractivity contribution < 1.29 is 4.42 Å². The molecule has 1 fully saturated rings. The zero-order valence-corrected chi connectivity index (χ0v) is 9.86. The largest absolute Gasteiger partial charge is 0.464 e. The summed E-state index contributed by atoms with van der Waals surface area (Å²) in [5, 5.41) is 4.54. The summed E-state index contributed by atoms with van der Waals surface area (Å²) in [6.45, 7) is 2.16. The van der Waals surface area contributed by atoms with Crippen molar-refractivity contribution in [3.63, 3.8) is 0 Å². The van der Waals surface area contributed by atoms with Crippen LogP contribution < -0.4 is 11.1 Å². The summed E-state index contributed by atoms with van der Waals surface area (Å²) >= 11 is 0. The van der Waals surface area contributed by atoms with Gasteiger partial charge in [0, 0.05) is 17.0 Å². The van der Waals surface area contributed by atoms with Crippen molar-refractivity contribution in [1.82, 2.24) is 5.32 Å².